The van der Waals surface area contributed by atoms with Crippen LogP contribution >= 0.6 is 0 Å². The molecular formula is C9H15N3O. The van der Waals surface area contributed by atoms with Gasteiger partial charge in [-0.3, -0.25) is 4.68 Å². The van der Waals surface area contributed by atoms with E-state index in [1.807, 2.05) is 24.0 Å². The first-order valence-electron chi connectivity index (χ1n) is 4.62. The number of aryl methyl sites for hydroxylation is 1. The lowest BCUT2D eigenvalue weighted by molar-refractivity contribution is 0.0527. The molecule has 0 saturated carbocycles. The predicted molar refractivity (Wildman–Crippen MR) is 50.8 cm³/mol. The molecule has 2 heterocycles. The number of hydrogen-bond acceptors (Lipinski definition) is 3. The summed E-state index contributed by atoms with van der Waals surface area (Å²) in [6.07, 6.45) is 2.15. The molecule has 13 heavy (non-hydrogen) atoms. The molecule has 0 bridgehead atoms. The quantitative estimate of drug-likeness (QED) is 0.637. The minimum Gasteiger partial charge on any atom is -0.375 e. The van der Waals surface area contributed by atoms with Crippen molar-refractivity contribution in [2.24, 2.45) is 7.05 Å². The molecule has 1 saturated heterocycles. The van der Waals surface area contributed by atoms with E-state index in [2.05, 4.69) is 16.9 Å². The van der Waals surface area contributed by atoms with Gasteiger partial charge in [0.1, 0.15) is 5.82 Å². The fraction of sp³-hybridized carbons (Fsp3) is 0.667. The van der Waals surface area contributed by atoms with Gasteiger partial charge in [-0.2, -0.15) is 5.10 Å². The average Bonchev–Trinajstić information content (AvgIpc) is 2.51. The van der Waals surface area contributed by atoms with E-state index < -0.39 is 0 Å². The molecule has 1 aliphatic rings. The van der Waals surface area contributed by atoms with Crippen LogP contribution in [0.3, 0.4) is 0 Å². The maximum atomic E-state index is 5.47. The number of hydrogen-bond donors (Lipinski definition) is 0. The summed E-state index contributed by atoms with van der Waals surface area (Å²) in [5.74, 6) is 1.18. The average molecular weight is 181 g/mol. The summed E-state index contributed by atoms with van der Waals surface area (Å²) in [7, 11) is 1.97. The maximum Gasteiger partial charge on any atom is 0.126 e. The zero-order chi connectivity index (χ0) is 9.26. The predicted octanol–water partition coefficient (Wildman–Crippen LogP) is 0.645. The van der Waals surface area contributed by atoms with Crippen LogP contribution < -0.4 is 4.90 Å². The Balaban J connectivity index is 2.12. The van der Waals surface area contributed by atoms with Crippen molar-refractivity contribution in [3.63, 3.8) is 0 Å². The summed E-state index contributed by atoms with van der Waals surface area (Å²) in [5.41, 5.74) is 0. The van der Waals surface area contributed by atoms with Gasteiger partial charge in [0, 0.05) is 26.2 Å². The van der Waals surface area contributed by atoms with Crippen LogP contribution in [0.5, 0.6) is 0 Å². The van der Waals surface area contributed by atoms with Crippen LogP contribution in [0.4, 0.5) is 5.82 Å². The molecule has 0 spiro atoms. The van der Waals surface area contributed by atoms with Crippen molar-refractivity contribution in [1.82, 2.24) is 9.78 Å². The molecule has 1 aromatic heterocycles. The van der Waals surface area contributed by atoms with Gasteiger partial charge in [-0.1, -0.05) is 0 Å². The normalized spacial score (nSPS) is 23.5. The van der Waals surface area contributed by atoms with Gasteiger partial charge >= 0.3 is 0 Å². The Kier molecular flexibility index (Phi) is 2.22. The Hall–Kier alpha value is -1.03. The summed E-state index contributed by atoms with van der Waals surface area (Å²) >= 11 is 0. The Labute approximate surface area is 78.1 Å². The van der Waals surface area contributed by atoms with E-state index in [9.17, 15) is 0 Å². The zero-order valence-corrected chi connectivity index (χ0v) is 8.10. The summed E-state index contributed by atoms with van der Waals surface area (Å²) in [4.78, 5) is 2.31. The molecule has 0 aliphatic carbocycles. The first kappa shape index (κ1) is 8.56. The summed E-state index contributed by atoms with van der Waals surface area (Å²) < 4.78 is 7.38. The molecule has 1 unspecified atom stereocenters. The first-order chi connectivity index (χ1) is 6.27. The van der Waals surface area contributed by atoms with E-state index in [1.54, 1.807) is 0 Å². The lowest BCUT2D eigenvalue weighted by Gasteiger charge is -2.32. The molecule has 0 amide bonds. The number of aromatic nitrogens is 2. The Bertz CT molecular complexity index is 284. The first-order valence-corrected chi connectivity index (χ1v) is 4.62. The molecule has 0 radical (unpaired) electrons. The summed E-state index contributed by atoms with van der Waals surface area (Å²) in [6, 6.07) is 2.04. The third-order valence-electron chi connectivity index (χ3n) is 2.36. The van der Waals surface area contributed by atoms with E-state index in [0.29, 0.717) is 6.10 Å². The van der Waals surface area contributed by atoms with Crippen LogP contribution in [0.2, 0.25) is 0 Å². The largest absolute Gasteiger partial charge is 0.375 e. The highest BCUT2D eigenvalue weighted by atomic mass is 16.5. The van der Waals surface area contributed by atoms with Crippen LogP contribution in [0, 0.1) is 0 Å². The molecular weight excluding hydrogens is 166 g/mol. The number of anilines is 1. The smallest absolute Gasteiger partial charge is 0.126 e. The Morgan fingerprint density at radius 3 is 3.08 bits per heavy atom. The van der Waals surface area contributed by atoms with Gasteiger partial charge in [0.15, 0.2) is 0 Å². The van der Waals surface area contributed by atoms with Crippen molar-refractivity contribution in [1.29, 1.82) is 0 Å². The van der Waals surface area contributed by atoms with Gasteiger partial charge in [0.25, 0.3) is 0 Å². The van der Waals surface area contributed by atoms with Gasteiger partial charge in [0.05, 0.1) is 18.9 Å². The highest BCUT2D eigenvalue weighted by Crippen LogP contribution is 2.15. The van der Waals surface area contributed by atoms with Crippen molar-refractivity contribution in [3.05, 3.63) is 12.3 Å². The zero-order valence-electron chi connectivity index (χ0n) is 8.10. The highest BCUT2D eigenvalue weighted by Gasteiger charge is 2.18. The van der Waals surface area contributed by atoms with Gasteiger partial charge in [0.2, 0.25) is 0 Å². The second kappa shape index (κ2) is 3.38. The molecule has 1 aliphatic heterocycles. The molecule has 72 valence electrons. The Morgan fingerprint density at radius 1 is 1.62 bits per heavy atom. The third kappa shape index (κ3) is 1.67. The van der Waals surface area contributed by atoms with E-state index in [4.69, 9.17) is 4.74 Å². The monoisotopic (exact) mass is 181 g/mol. The van der Waals surface area contributed by atoms with E-state index in [0.717, 1.165) is 19.7 Å². The highest BCUT2D eigenvalue weighted by molar-refractivity contribution is 5.38. The number of morpholine rings is 1. The third-order valence-corrected chi connectivity index (χ3v) is 2.36. The molecule has 1 fully saturated rings. The fourth-order valence-electron chi connectivity index (χ4n) is 1.70. The summed E-state index contributed by atoms with van der Waals surface area (Å²) in [6.45, 7) is 4.83. The lowest BCUT2D eigenvalue weighted by atomic mass is 10.3. The topological polar surface area (TPSA) is 30.3 Å². The number of rotatable bonds is 1. The van der Waals surface area contributed by atoms with Crippen LogP contribution in [-0.4, -0.2) is 35.6 Å². The van der Waals surface area contributed by atoms with Crippen LogP contribution in [0.1, 0.15) is 6.92 Å². The standard InChI is InChI=1S/C9H15N3O/c1-8-7-12(5-6-13-8)9-3-4-10-11(9)2/h3-4,8H,5-7H2,1-2H3. The summed E-state index contributed by atoms with van der Waals surface area (Å²) in [5, 5.41) is 4.15. The molecule has 4 nitrogen and oxygen atoms in total. The van der Waals surface area contributed by atoms with Crippen molar-refractivity contribution in [3.8, 4) is 0 Å². The molecule has 2 rings (SSSR count). The number of nitrogens with zero attached hydrogens (tertiary/aromatic N) is 3. The second-order valence-corrected chi connectivity index (χ2v) is 3.44. The minimum absolute atomic E-state index is 0.323. The molecule has 1 atom stereocenters. The SMILES string of the molecule is CC1CN(c2ccnn2C)CCO1. The second-order valence-electron chi connectivity index (χ2n) is 3.44. The van der Waals surface area contributed by atoms with Crippen molar-refractivity contribution in [2.75, 3.05) is 24.6 Å². The van der Waals surface area contributed by atoms with Gasteiger partial charge in [-0.05, 0) is 6.92 Å². The van der Waals surface area contributed by atoms with Crippen LogP contribution in [0.25, 0.3) is 0 Å². The molecule has 4 heteroatoms. The van der Waals surface area contributed by atoms with Gasteiger partial charge < -0.3 is 9.64 Å². The minimum atomic E-state index is 0.323. The van der Waals surface area contributed by atoms with Crippen molar-refractivity contribution < 1.29 is 4.74 Å². The molecule has 1 aromatic rings. The van der Waals surface area contributed by atoms with Gasteiger partial charge in [-0.25, -0.2) is 0 Å². The van der Waals surface area contributed by atoms with Crippen LogP contribution in [0.15, 0.2) is 12.3 Å². The maximum absolute atomic E-state index is 5.47. The Morgan fingerprint density at radius 2 is 2.46 bits per heavy atom. The van der Waals surface area contributed by atoms with E-state index >= 15 is 0 Å². The van der Waals surface area contributed by atoms with Crippen LogP contribution in [-0.2, 0) is 11.8 Å². The van der Waals surface area contributed by atoms with Crippen molar-refractivity contribution in [2.45, 2.75) is 13.0 Å². The van der Waals surface area contributed by atoms with E-state index in [1.165, 1.54) is 5.82 Å². The fourth-order valence-corrected chi connectivity index (χ4v) is 1.70. The molecule has 0 aromatic carbocycles. The molecule has 0 N–H and O–H groups in total. The van der Waals surface area contributed by atoms with E-state index in [-0.39, 0.29) is 0 Å². The number of ether oxygens (including phenoxy) is 1. The van der Waals surface area contributed by atoms with Crippen molar-refractivity contribution >= 4 is 5.82 Å². The van der Waals surface area contributed by atoms with Gasteiger partial charge in [-0.15, -0.1) is 0 Å². The lowest BCUT2D eigenvalue weighted by Crippen LogP contribution is -2.41.